The van der Waals surface area contributed by atoms with Crippen LogP contribution in [-0.2, 0) is 4.74 Å². The SMILES string of the molecule is COc1cc2nc(NCCC3=CCOCC3)nc(N)c2cc1OC. The number of hydrogen-bond donors (Lipinski definition) is 2. The molecule has 1 aromatic carbocycles. The monoisotopic (exact) mass is 330 g/mol. The Hall–Kier alpha value is -2.54. The Balaban J connectivity index is 1.77. The summed E-state index contributed by atoms with van der Waals surface area (Å²) in [7, 11) is 3.18. The summed E-state index contributed by atoms with van der Waals surface area (Å²) < 4.78 is 15.9. The van der Waals surface area contributed by atoms with Gasteiger partial charge in [0.2, 0.25) is 5.95 Å². The van der Waals surface area contributed by atoms with Gasteiger partial charge < -0.3 is 25.3 Å². The van der Waals surface area contributed by atoms with Gasteiger partial charge in [0.25, 0.3) is 0 Å². The molecule has 0 atom stereocenters. The Morgan fingerprint density at radius 3 is 2.71 bits per heavy atom. The van der Waals surface area contributed by atoms with Gasteiger partial charge in [0.1, 0.15) is 5.82 Å². The van der Waals surface area contributed by atoms with Crippen molar-refractivity contribution in [3.63, 3.8) is 0 Å². The Bertz CT molecular complexity index is 761. The number of nitrogens with one attached hydrogen (secondary N) is 1. The molecule has 1 aliphatic rings. The fraction of sp³-hybridized carbons (Fsp3) is 0.412. The van der Waals surface area contributed by atoms with E-state index < -0.39 is 0 Å². The number of hydrogen-bond acceptors (Lipinski definition) is 7. The van der Waals surface area contributed by atoms with E-state index in [2.05, 4.69) is 21.4 Å². The minimum Gasteiger partial charge on any atom is -0.493 e. The molecule has 0 radical (unpaired) electrons. The second-order valence-corrected chi connectivity index (χ2v) is 5.52. The van der Waals surface area contributed by atoms with Gasteiger partial charge >= 0.3 is 0 Å². The van der Waals surface area contributed by atoms with E-state index in [0.717, 1.165) is 31.4 Å². The van der Waals surface area contributed by atoms with Gasteiger partial charge in [-0.25, -0.2) is 4.98 Å². The summed E-state index contributed by atoms with van der Waals surface area (Å²) in [5, 5.41) is 3.98. The van der Waals surface area contributed by atoms with E-state index in [9.17, 15) is 0 Å². The van der Waals surface area contributed by atoms with Gasteiger partial charge in [-0.2, -0.15) is 4.98 Å². The van der Waals surface area contributed by atoms with Gasteiger partial charge in [-0.1, -0.05) is 11.6 Å². The van der Waals surface area contributed by atoms with E-state index in [-0.39, 0.29) is 0 Å². The molecule has 24 heavy (non-hydrogen) atoms. The highest BCUT2D eigenvalue weighted by molar-refractivity contribution is 5.91. The van der Waals surface area contributed by atoms with E-state index in [0.29, 0.717) is 35.4 Å². The second kappa shape index (κ2) is 7.35. The van der Waals surface area contributed by atoms with Crippen LogP contribution in [0, 0.1) is 0 Å². The number of methoxy groups -OCH3 is 2. The number of nitrogens with zero attached hydrogens (tertiary/aromatic N) is 2. The first-order valence-electron chi connectivity index (χ1n) is 7.90. The van der Waals surface area contributed by atoms with Gasteiger partial charge in [0.15, 0.2) is 11.5 Å². The maximum atomic E-state index is 6.07. The van der Waals surface area contributed by atoms with Crippen molar-refractivity contribution in [3.05, 3.63) is 23.8 Å². The molecule has 7 heteroatoms. The Kier molecular flexibility index (Phi) is 5.00. The molecule has 0 bridgehead atoms. The number of anilines is 2. The zero-order valence-electron chi connectivity index (χ0n) is 14.0. The molecular weight excluding hydrogens is 308 g/mol. The lowest BCUT2D eigenvalue weighted by molar-refractivity contribution is 0.153. The minimum absolute atomic E-state index is 0.411. The molecule has 0 unspecified atom stereocenters. The summed E-state index contributed by atoms with van der Waals surface area (Å²) in [5.41, 5.74) is 8.18. The zero-order chi connectivity index (χ0) is 16.9. The Labute approximate surface area is 140 Å². The van der Waals surface area contributed by atoms with Gasteiger partial charge in [-0.05, 0) is 18.9 Å². The van der Waals surface area contributed by atoms with Crippen molar-refractivity contribution in [1.29, 1.82) is 0 Å². The number of nitrogens with two attached hydrogens (primary N) is 1. The van der Waals surface area contributed by atoms with Crippen LogP contribution in [0.15, 0.2) is 23.8 Å². The summed E-state index contributed by atoms with van der Waals surface area (Å²) in [6, 6.07) is 3.60. The van der Waals surface area contributed by atoms with Crippen molar-refractivity contribution >= 4 is 22.7 Å². The van der Waals surface area contributed by atoms with Crippen molar-refractivity contribution < 1.29 is 14.2 Å². The fourth-order valence-corrected chi connectivity index (χ4v) is 2.69. The molecule has 2 aromatic rings. The fourth-order valence-electron chi connectivity index (χ4n) is 2.69. The van der Waals surface area contributed by atoms with Gasteiger partial charge in [0, 0.05) is 18.0 Å². The zero-order valence-corrected chi connectivity index (χ0v) is 14.0. The average molecular weight is 330 g/mol. The standard InChI is InChI=1S/C17H22N4O3/c1-22-14-9-12-13(10-15(14)23-2)20-17(21-16(12)18)19-6-3-11-4-7-24-8-5-11/h4,9-10H,3,5-8H2,1-2H3,(H3,18,19,20,21). The number of fused-ring (bicyclic) bond motifs is 1. The number of nitrogen functional groups attached to an aromatic ring is 1. The third-order valence-electron chi connectivity index (χ3n) is 4.02. The largest absolute Gasteiger partial charge is 0.493 e. The normalized spacial score (nSPS) is 14.3. The summed E-state index contributed by atoms with van der Waals surface area (Å²) in [4.78, 5) is 8.85. The number of ether oxygens (including phenoxy) is 3. The van der Waals surface area contributed by atoms with Crippen molar-refractivity contribution in [2.75, 3.05) is 45.0 Å². The highest BCUT2D eigenvalue weighted by Crippen LogP contribution is 2.33. The summed E-state index contributed by atoms with van der Waals surface area (Å²) >= 11 is 0. The van der Waals surface area contributed by atoms with Crippen LogP contribution < -0.4 is 20.5 Å². The van der Waals surface area contributed by atoms with E-state index in [4.69, 9.17) is 19.9 Å². The highest BCUT2D eigenvalue weighted by atomic mass is 16.5. The number of aromatic nitrogens is 2. The summed E-state index contributed by atoms with van der Waals surface area (Å²) in [5.74, 6) is 2.14. The maximum Gasteiger partial charge on any atom is 0.225 e. The van der Waals surface area contributed by atoms with Gasteiger partial charge in [-0.3, -0.25) is 0 Å². The van der Waals surface area contributed by atoms with E-state index >= 15 is 0 Å². The second-order valence-electron chi connectivity index (χ2n) is 5.52. The molecular formula is C17H22N4O3. The lowest BCUT2D eigenvalue weighted by atomic mass is 10.1. The molecule has 0 aliphatic carbocycles. The first-order valence-corrected chi connectivity index (χ1v) is 7.90. The molecule has 2 heterocycles. The average Bonchev–Trinajstić information content (AvgIpc) is 2.61. The van der Waals surface area contributed by atoms with Crippen LogP contribution in [0.1, 0.15) is 12.8 Å². The Morgan fingerprint density at radius 2 is 2.00 bits per heavy atom. The molecule has 3 N–H and O–H groups in total. The topological polar surface area (TPSA) is 91.5 Å². The smallest absolute Gasteiger partial charge is 0.225 e. The highest BCUT2D eigenvalue weighted by Gasteiger charge is 2.12. The van der Waals surface area contributed by atoms with Crippen LogP contribution in [-0.4, -0.2) is 43.9 Å². The van der Waals surface area contributed by atoms with Crippen LogP contribution in [0.5, 0.6) is 11.5 Å². The third-order valence-corrected chi connectivity index (χ3v) is 4.02. The molecule has 0 amide bonds. The van der Waals surface area contributed by atoms with Crippen molar-refractivity contribution in [2.24, 2.45) is 0 Å². The maximum absolute atomic E-state index is 6.07. The summed E-state index contributed by atoms with van der Waals surface area (Å²) in [6.45, 7) is 2.26. The van der Waals surface area contributed by atoms with E-state index in [1.165, 1.54) is 5.57 Å². The molecule has 1 aromatic heterocycles. The number of rotatable bonds is 6. The minimum atomic E-state index is 0.411. The molecule has 0 saturated carbocycles. The van der Waals surface area contributed by atoms with Gasteiger partial charge in [0.05, 0.1) is 33.0 Å². The van der Waals surface area contributed by atoms with E-state index in [1.54, 1.807) is 26.4 Å². The predicted molar refractivity (Wildman–Crippen MR) is 93.7 cm³/mol. The van der Waals surface area contributed by atoms with Crippen LogP contribution in [0.25, 0.3) is 10.9 Å². The molecule has 0 fully saturated rings. The first-order chi connectivity index (χ1) is 11.7. The van der Waals surface area contributed by atoms with Crippen LogP contribution in [0.4, 0.5) is 11.8 Å². The summed E-state index contributed by atoms with van der Waals surface area (Å²) in [6.07, 6.45) is 4.06. The van der Waals surface area contributed by atoms with Crippen LogP contribution >= 0.6 is 0 Å². The van der Waals surface area contributed by atoms with Crippen molar-refractivity contribution in [1.82, 2.24) is 9.97 Å². The van der Waals surface area contributed by atoms with Gasteiger partial charge in [-0.15, -0.1) is 0 Å². The molecule has 0 spiro atoms. The van der Waals surface area contributed by atoms with Crippen molar-refractivity contribution in [3.8, 4) is 11.5 Å². The van der Waals surface area contributed by atoms with Crippen LogP contribution in [0.2, 0.25) is 0 Å². The quantitative estimate of drug-likeness (QED) is 0.786. The lowest BCUT2D eigenvalue weighted by Gasteiger charge is -2.14. The molecule has 0 saturated heterocycles. The first kappa shape index (κ1) is 16.3. The molecule has 3 rings (SSSR count). The number of benzene rings is 1. The van der Waals surface area contributed by atoms with Crippen LogP contribution in [0.3, 0.4) is 0 Å². The lowest BCUT2D eigenvalue weighted by Crippen LogP contribution is -2.11. The Morgan fingerprint density at radius 1 is 1.21 bits per heavy atom. The van der Waals surface area contributed by atoms with E-state index in [1.807, 2.05) is 0 Å². The predicted octanol–water partition coefficient (Wildman–Crippen LogP) is 2.38. The van der Waals surface area contributed by atoms with Crippen molar-refractivity contribution in [2.45, 2.75) is 12.8 Å². The molecule has 7 nitrogen and oxygen atoms in total. The molecule has 1 aliphatic heterocycles. The molecule has 128 valence electrons. The third kappa shape index (κ3) is 3.51.